The zero-order valence-corrected chi connectivity index (χ0v) is 21.1. The fraction of sp³-hybridized carbons (Fsp3) is 0.185. The minimum Gasteiger partial charge on any atom is -0.497 e. The minimum absolute atomic E-state index is 0.0523. The molecule has 0 spiro atoms. The van der Waals surface area contributed by atoms with Gasteiger partial charge in [-0.25, -0.2) is 22.9 Å². The molecule has 3 aromatic carbocycles. The van der Waals surface area contributed by atoms with E-state index in [1.54, 1.807) is 38.6 Å². The molecule has 0 aliphatic carbocycles. The molecule has 0 fully saturated rings. The summed E-state index contributed by atoms with van der Waals surface area (Å²) in [6, 6.07) is 22.3. The summed E-state index contributed by atoms with van der Waals surface area (Å²) in [6.45, 7) is 1.68. The lowest BCUT2D eigenvalue weighted by Crippen LogP contribution is -2.42. The fourth-order valence-corrected chi connectivity index (χ4v) is 5.25. The number of aromatic nitrogens is 2. The lowest BCUT2D eigenvalue weighted by molar-refractivity contribution is 0.242. The van der Waals surface area contributed by atoms with Crippen molar-refractivity contribution in [3.8, 4) is 17.0 Å². The van der Waals surface area contributed by atoms with E-state index in [2.05, 4.69) is 15.0 Å². The van der Waals surface area contributed by atoms with E-state index in [0.29, 0.717) is 17.7 Å². The summed E-state index contributed by atoms with van der Waals surface area (Å²) in [5.74, 6) is 0.724. The number of ether oxygens (including phenoxy) is 1. The summed E-state index contributed by atoms with van der Waals surface area (Å²) >= 11 is 0. The number of aryl methyl sites for hydroxylation is 2. The maximum Gasteiger partial charge on any atom is 0.329 e. The molecule has 0 saturated heterocycles. The topological polar surface area (TPSA) is 102 Å². The van der Waals surface area contributed by atoms with Crippen molar-refractivity contribution in [1.29, 1.82) is 0 Å². The van der Waals surface area contributed by atoms with Crippen LogP contribution in [0.15, 0.2) is 90.1 Å². The van der Waals surface area contributed by atoms with Gasteiger partial charge in [0, 0.05) is 12.6 Å². The predicted molar refractivity (Wildman–Crippen MR) is 138 cm³/mol. The zero-order valence-electron chi connectivity index (χ0n) is 20.3. The van der Waals surface area contributed by atoms with Gasteiger partial charge >= 0.3 is 6.03 Å². The molecule has 4 rings (SSSR count). The molecular formula is C27H28N4O4S. The predicted octanol–water partition coefficient (Wildman–Crippen LogP) is 4.38. The fourth-order valence-electron chi connectivity index (χ4n) is 4.09. The van der Waals surface area contributed by atoms with Crippen LogP contribution in [0.4, 0.5) is 4.79 Å². The smallest absolute Gasteiger partial charge is 0.329 e. The number of hydrogen-bond acceptors (Lipinski definition) is 5. The highest BCUT2D eigenvalue weighted by Crippen LogP contribution is 2.30. The number of sulfonamides is 1. The summed E-state index contributed by atoms with van der Waals surface area (Å²) in [6.07, 6.45) is 2.09. The van der Waals surface area contributed by atoms with Gasteiger partial charge in [0.25, 0.3) is 10.0 Å². The Hall–Kier alpha value is -4.11. The van der Waals surface area contributed by atoms with Crippen LogP contribution in [0.25, 0.3) is 11.3 Å². The number of carbonyl (C=O) groups is 1. The van der Waals surface area contributed by atoms with Crippen LogP contribution in [0.3, 0.4) is 0 Å². The van der Waals surface area contributed by atoms with Crippen LogP contribution in [0, 0.1) is 6.92 Å². The molecule has 1 unspecified atom stereocenters. The quantitative estimate of drug-likeness (QED) is 0.371. The maximum atomic E-state index is 13.0. The van der Waals surface area contributed by atoms with E-state index in [-0.39, 0.29) is 4.90 Å². The molecule has 0 aliphatic heterocycles. The van der Waals surface area contributed by atoms with Gasteiger partial charge in [-0.15, -0.1) is 0 Å². The van der Waals surface area contributed by atoms with Gasteiger partial charge in [0.05, 0.1) is 35.8 Å². The summed E-state index contributed by atoms with van der Waals surface area (Å²) < 4.78 is 35.1. The first-order valence-electron chi connectivity index (χ1n) is 11.4. The van der Waals surface area contributed by atoms with Crippen molar-refractivity contribution >= 4 is 16.1 Å². The Morgan fingerprint density at radius 1 is 1.00 bits per heavy atom. The Kier molecular flexibility index (Phi) is 7.40. The number of benzene rings is 3. The van der Waals surface area contributed by atoms with Crippen LogP contribution >= 0.6 is 0 Å². The van der Waals surface area contributed by atoms with Crippen molar-refractivity contribution in [2.75, 3.05) is 7.11 Å². The standard InChI is InChI=1S/C27H28N4O4S/c1-19-9-7-8-12-24(19)36(33,34)30-27(32)29-23(17-20-10-5-4-6-11-20)25-26(31(2)18-28-25)21-13-15-22(35-3)16-14-21/h4-16,18,23H,17H2,1-3H3,(H2,29,30,32). The Labute approximate surface area is 211 Å². The summed E-state index contributed by atoms with van der Waals surface area (Å²) in [7, 11) is -0.579. The van der Waals surface area contributed by atoms with Gasteiger partial charge in [-0.1, -0.05) is 48.5 Å². The molecule has 1 aromatic heterocycles. The van der Waals surface area contributed by atoms with Gasteiger partial charge in [0.1, 0.15) is 5.75 Å². The second-order valence-corrected chi connectivity index (χ2v) is 10.1. The molecule has 36 heavy (non-hydrogen) atoms. The SMILES string of the molecule is COc1ccc(-c2c(C(Cc3ccccc3)NC(=O)NS(=O)(=O)c3ccccc3C)ncn2C)cc1. The van der Waals surface area contributed by atoms with E-state index in [4.69, 9.17) is 4.74 Å². The number of amides is 2. The maximum absolute atomic E-state index is 13.0. The highest BCUT2D eigenvalue weighted by Gasteiger charge is 2.26. The normalized spacial score (nSPS) is 12.1. The number of methoxy groups -OCH3 is 1. The molecule has 9 heteroatoms. The van der Waals surface area contributed by atoms with E-state index >= 15 is 0 Å². The number of imidazole rings is 1. The Balaban J connectivity index is 1.67. The van der Waals surface area contributed by atoms with E-state index in [0.717, 1.165) is 22.6 Å². The number of nitrogens with zero attached hydrogens (tertiary/aromatic N) is 2. The first-order chi connectivity index (χ1) is 17.3. The lowest BCUT2D eigenvalue weighted by atomic mass is 9.99. The molecular weight excluding hydrogens is 476 g/mol. The third-order valence-corrected chi connectivity index (χ3v) is 7.35. The lowest BCUT2D eigenvalue weighted by Gasteiger charge is -2.20. The summed E-state index contributed by atoms with van der Waals surface area (Å²) in [4.78, 5) is 17.6. The zero-order chi connectivity index (χ0) is 25.7. The van der Waals surface area contributed by atoms with Crippen molar-refractivity contribution in [3.05, 3.63) is 102 Å². The summed E-state index contributed by atoms with van der Waals surface area (Å²) in [5.41, 5.74) is 3.83. The van der Waals surface area contributed by atoms with E-state index in [1.807, 2.05) is 66.2 Å². The van der Waals surface area contributed by atoms with E-state index in [1.165, 1.54) is 6.07 Å². The molecule has 0 bridgehead atoms. The van der Waals surface area contributed by atoms with Crippen molar-refractivity contribution in [2.45, 2.75) is 24.3 Å². The van der Waals surface area contributed by atoms with Crippen molar-refractivity contribution in [2.24, 2.45) is 7.05 Å². The molecule has 1 atom stereocenters. The first-order valence-corrected chi connectivity index (χ1v) is 12.9. The molecule has 186 valence electrons. The van der Waals surface area contributed by atoms with Gasteiger partial charge in [-0.05, 0) is 54.8 Å². The average molecular weight is 505 g/mol. The van der Waals surface area contributed by atoms with Crippen LogP contribution < -0.4 is 14.8 Å². The van der Waals surface area contributed by atoms with Crippen molar-refractivity contribution in [1.82, 2.24) is 19.6 Å². The third-order valence-electron chi connectivity index (χ3n) is 5.86. The molecule has 0 radical (unpaired) electrons. The first kappa shape index (κ1) is 25.0. The van der Waals surface area contributed by atoms with Crippen LogP contribution in [0.2, 0.25) is 0 Å². The van der Waals surface area contributed by atoms with Crippen LogP contribution in [0.5, 0.6) is 5.75 Å². The second-order valence-electron chi connectivity index (χ2n) is 8.40. The van der Waals surface area contributed by atoms with Gasteiger partial charge in [0.2, 0.25) is 0 Å². The number of nitrogens with one attached hydrogen (secondary N) is 2. The average Bonchev–Trinajstić information content (AvgIpc) is 3.25. The highest BCUT2D eigenvalue weighted by molar-refractivity contribution is 7.90. The largest absolute Gasteiger partial charge is 0.497 e. The molecule has 4 aromatic rings. The van der Waals surface area contributed by atoms with Crippen LogP contribution in [0.1, 0.15) is 22.9 Å². The third kappa shape index (κ3) is 5.58. The van der Waals surface area contributed by atoms with Gasteiger partial charge in [-0.3, -0.25) is 0 Å². The minimum atomic E-state index is -4.06. The number of carbonyl (C=O) groups excluding carboxylic acids is 1. The van der Waals surface area contributed by atoms with Crippen molar-refractivity contribution in [3.63, 3.8) is 0 Å². The van der Waals surface area contributed by atoms with E-state index < -0.39 is 22.1 Å². The van der Waals surface area contributed by atoms with Crippen LogP contribution in [-0.2, 0) is 23.5 Å². The molecule has 1 heterocycles. The number of hydrogen-bond donors (Lipinski definition) is 2. The van der Waals surface area contributed by atoms with Gasteiger partial charge < -0.3 is 14.6 Å². The van der Waals surface area contributed by atoms with Crippen molar-refractivity contribution < 1.29 is 17.9 Å². The molecule has 0 saturated carbocycles. The highest BCUT2D eigenvalue weighted by atomic mass is 32.2. The Morgan fingerprint density at radius 2 is 1.67 bits per heavy atom. The molecule has 2 amide bonds. The molecule has 8 nitrogen and oxygen atoms in total. The molecule has 2 N–H and O–H groups in total. The van der Waals surface area contributed by atoms with E-state index in [9.17, 15) is 13.2 Å². The van der Waals surface area contributed by atoms with Gasteiger partial charge in [0.15, 0.2) is 0 Å². The number of urea groups is 1. The molecule has 0 aliphatic rings. The Morgan fingerprint density at radius 3 is 2.33 bits per heavy atom. The Bertz CT molecular complexity index is 1450. The second kappa shape index (κ2) is 10.7. The number of rotatable bonds is 8. The van der Waals surface area contributed by atoms with Crippen LogP contribution in [-0.4, -0.2) is 31.1 Å². The van der Waals surface area contributed by atoms with Gasteiger partial charge in [-0.2, -0.15) is 0 Å². The monoisotopic (exact) mass is 504 g/mol. The summed E-state index contributed by atoms with van der Waals surface area (Å²) in [5, 5.41) is 2.84.